The maximum atomic E-state index is 12.4. The van der Waals surface area contributed by atoms with E-state index in [0.717, 1.165) is 22.3 Å². The Morgan fingerprint density at radius 1 is 0.833 bits per heavy atom. The molecule has 2 unspecified atom stereocenters. The second-order valence-electron chi connectivity index (χ2n) is 9.85. The van der Waals surface area contributed by atoms with Gasteiger partial charge in [0.15, 0.2) is 0 Å². The fourth-order valence-electron chi connectivity index (χ4n) is 4.86. The number of unbranched alkanes of at least 4 members (excludes halogenated alkanes) is 2. The van der Waals surface area contributed by atoms with Gasteiger partial charge in [0.1, 0.15) is 24.9 Å². The molecule has 2 amide bonds. The third-order valence-electron chi connectivity index (χ3n) is 6.88. The van der Waals surface area contributed by atoms with E-state index >= 15 is 0 Å². The van der Waals surface area contributed by atoms with Crippen LogP contribution in [0.4, 0.5) is 4.79 Å². The molecule has 0 aliphatic heterocycles. The summed E-state index contributed by atoms with van der Waals surface area (Å²) >= 11 is 0. The van der Waals surface area contributed by atoms with E-state index in [2.05, 4.69) is 10.6 Å². The molecule has 1 aliphatic rings. The zero-order valence-electron chi connectivity index (χ0n) is 23.0. The first-order valence-electron chi connectivity index (χ1n) is 13.4. The number of Topliss-reactive ketones (excluding diaryl/α,β-unsaturated/α-hetero) is 1. The molecule has 221 valence electrons. The van der Waals surface area contributed by atoms with Gasteiger partial charge in [0.2, 0.25) is 5.91 Å². The van der Waals surface area contributed by atoms with Crippen LogP contribution in [0.5, 0.6) is 0 Å². The summed E-state index contributed by atoms with van der Waals surface area (Å²) < 4.78 is 5.47. The van der Waals surface area contributed by atoms with Gasteiger partial charge in [-0.05, 0) is 35.1 Å². The molecule has 0 fully saturated rings. The molecule has 2 atom stereocenters. The standard InChI is InChI=1S/C30H33N2O9.Y/c33-17-19(8-2-1-3-9-20(34)14-15-26(29(38)39)32-27(35)16-28(36)37)31-30(40)41-18-25-23-12-6-4-10-21(23)22-11-5-7-13-24(22)25;/h4-7,10-13,19,25-26H,1-3,8-9,14-16,18H2,(H,31,40)(H,32,35)(H,36,37)(H,38,39);/q-1;. The predicted octanol–water partition coefficient (Wildman–Crippen LogP) is 3.34. The van der Waals surface area contributed by atoms with Crippen LogP contribution in [-0.2, 0) is 61.4 Å². The topological polar surface area (TPSA) is 176 Å². The number of benzene rings is 2. The van der Waals surface area contributed by atoms with Crippen LogP contribution in [0, 0.1) is 0 Å². The number of rotatable bonds is 17. The number of carbonyl (C=O) groups excluding carboxylic acids is 4. The van der Waals surface area contributed by atoms with Crippen molar-refractivity contribution < 1.29 is 76.4 Å². The molecule has 0 saturated heterocycles. The number of ketones is 1. The Kier molecular flexibility index (Phi) is 14.5. The Balaban J connectivity index is 0.00000616. The third-order valence-corrected chi connectivity index (χ3v) is 6.88. The van der Waals surface area contributed by atoms with Gasteiger partial charge in [-0.25, -0.2) is 15.9 Å². The minimum atomic E-state index is -1.38. The van der Waals surface area contributed by atoms with Gasteiger partial charge in [-0.15, -0.1) is 0 Å². The average Bonchev–Trinajstić information content (AvgIpc) is 3.26. The van der Waals surface area contributed by atoms with E-state index in [1.54, 1.807) is 6.29 Å². The van der Waals surface area contributed by atoms with E-state index in [0.29, 0.717) is 25.7 Å². The van der Waals surface area contributed by atoms with Gasteiger partial charge in [0.05, 0.1) is 0 Å². The first kappa shape index (κ1) is 34.8. The largest absolute Gasteiger partial charge is 0.540 e. The van der Waals surface area contributed by atoms with Crippen LogP contribution in [-0.4, -0.2) is 64.9 Å². The minimum absolute atomic E-state index is 0. The van der Waals surface area contributed by atoms with E-state index < -0.39 is 42.4 Å². The number of carbonyl (C=O) groups is 5. The Morgan fingerprint density at radius 2 is 1.45 bits per heavy atom. The molecule has 1 radical (unpaired) electrons. The van der Waals surface area contributed by atoms with E-state index in [9.17, 15) is 33.9 Å². The number of hydrogen-bond donors (Lipinski definition) is 4. The maximum Gasteiger partial charge on any atom is 0.405 e. The Morgan fingerprint density at radius 3 is 2.02 bits per heavy atom. The van der Waals surface area contributed by atoms with Crippen molar-refractivity contribution in [2.24, 2.45) is 0 Å². The van der Waals surface area contributed by atoms with Crippen molar-refractivity contribution in [1.82, 2.24) is 10.6 Å². The number of ether oxygens (including phenoxy) is 1. The monoisotopic (exact) mass is 654 g/mol. The molecule has 0 bridgehead atoms. The van der Waals surface area contributed by atoms with Gasteiger partial charge in [-0.3, -0.25) is 14.4 Å². The average molecular weight is 655 g/mol. The summed E-state index contributed by atoms with van der Waals surface area (Å²) in [4.78, 5) is 69.2. The van der Waals surface area contributed by atoms with Crippen LogP contribution in [0.1, 0.15) is 68.4 Å². The number of carboxylic acid groups (broad SMARTS) is 2. The molecule has 4 N–H and O–H groups in total. The maximum absolute atomic E-state index is 12.4. The van der Waals surface area contributed by atoms with E-state index in [1.807, 2.05) is 48.5 Å². The fraction of sp³-hybridized carbons (Fsp3) is 0.400. The number of aliphatic carboxylic acids is 2. The van der Waals surface area contributed by atoms with E-state index in [-0.39, 0.29) is 70.3 Å². The molecular weight excluding hydrogens is 621 g/mol. The third kappa shape index (κ3) is 10.4. The quantitative estimate of drug-likeness (QED) is 0.113. The van der Waals surface area contributed by atoms with E-state index in [1.165, 1.54) is 0 Å². The molecule has 12 heteroatoms. The second-order valence-corrected chi connectivity index (χ2v) is 9.85. The first-order valence-corrected chi connectivity index (χ1v) is 13.4. The molecule has 2 aromatic rings. The summed E-state index contributed by atoms with van der Waals surface area (Å²) in [5.41, 5.74) is 4.38. The molecule has 0 saturated carbocycles. The van der Waals surface area contributed by atoms with Gasteiger partial charge in [-0.2, -0.15) is 0 Å². The Bertz CT molecular complexity index is 1240. The van der Waals surface area contributed by atoms with Gasteiger partial charge >= 0.3 is 18.0 Å². The van der Waals surface area contributed by atoms with Crippen LogP contribution in [0.25, 0.3) is 11.1 Å². The molecule has 0 heterocycles. The van der Waals surface area contributed by atoms with Crippen LogP contribution in [0.2, 0.25) is 0 Å². The van der Waals surface area contributed by atoms with Crippen LogP contribution in [0.15, 0.2) is 48.5 Å². The van der Waals surface area contributed by atoms with Gasteiger partial charge in [0, 0.05) is 51.5 Å². The summed E-state index contributed by atoms with van der Waals surface area (Å²) in [6.07, 6.45) is 2.15. The molecule has 2 aromatic carbocycles. The van der Waals surface area contributed by atoms with Gasteiger partial charge < -0.3 is 30.4 Å². The van der Waals surface area contributed by atoms with Crippen molar-refractivity contribution in [3.8, 4) is 11.1 Å². The van der Waals surface area contributed by atoms with Crippen molar-refractivity contribution >= 4 is 36.0 Å². The van der Waals surface area contributed by atoms with E-state index in [4.69, 9.17) is 9.84 Å². The zero-order chi connectivity index (χ0) is 29.8. The summed E-state index contributed by atoms with van der Waals surface area (Å²) in [6.45, 7) is 0.125. The van der Waals surface area contributed by atoms with Crippen molar-refractivity contribution in [1.29, 1.82) is 0 Å². The summed E-state index contributed by atoms with van der Waals surface area (Å²) in [7, 11) is 0. The molecule has 3 rings (SSSR count). The number of amides is 2. The normalized spacial score (nSPS) is 13.0. The molecule has 11 nitrogen and oxygen atoms in total. The molecule has 1 aliphatic carbocycles. The van der Waals surface area contributed by atoms with Crippen LogP contribution >= 0.6 is 0 Å². The van der Waals surface area contributed by atoms with Crippen LogP contribution < -0.4 is 10.6 Å². The predicted molar refractivity (Wildman–Crippen MR) is 147 cm³/mol. The molecular formula is C30H33N2O9Y-. The smallest absolute Gasteiger partial charge is 0.405 e. The van der Waals surface area contributed by atoms with Gasteiger partial charge in [0.25, 0.3) is 0 Å². The SMILES string of the molecule is O=[C-]C(CCCCCC(=O)CCC(NC(=O)CC(=O)O)C(=O)O)NC(=O)OCC1c2ccccc2-c2ccccc21.[Y]. The van der Waals surface area contributed by atoms with Crippen molar-refractivity contribution in [3.63, 3.8) is 0 Å². The van der Waals surface area contributed by atoms with Gasteiger partial charge in [-0.1, -0.05) is 73.8 Å². The van der Waals surface area contributed by atoms with Crippen molar-refractivity contribution in [2.45, 2.75) is 69.4 Å². The fourth-order valence-corrected chi connectivity index (χ4v) is 4.86. The first-order chi connectivity index (χ1) is 19.7. The Hall–Kier alpha value is -3.44. The zero-order valence-corrected chi connectivity index (χ0v) is 25.9. The minimum Gasteiger partial charge on any atom is -0.540 e. The summed E-state index contributed by atoms with van der Waals surface area (Å²) in [6, 6.07) is 13.7. The second kappa shape index (κ2) is 17.5. The molecule has 0 spiro atoms. The number of hydrogen-bond acceptors (Lipinski definition) is 7. The molecule has 42 heavy (non-hydrogen) atoms. The summed E-state index contributed by atoms with van der Waals surface area (Å²) in [5.74, 6) is -3.97. The summed E-state index contributed by atoms with van der Waals surface area (Å²) in [5, 5.41) is 22.4. The number of fused-ring (bicyclic) bond motifs is 3. The van der Waals surface area contributed by atoms with Crippen molar-refractivity contribution in [2.75, 3.05) is 6.61 Å². The number of carboxylic acids is 2. The van der Waals surface area contributed by atoms with Crippen LogP contribution in [0.3, 0.4) is 0 Å². The number of nitrogens with one attached hydrogen (secondary N) is 2. The van der Waals surface area contributed by atoms with Crippen molar-refractivity contribution in [3.05, 3.63) is 59.7 Å². The molecule has 0 aromatic heterocycles. The Labute approximate surface area is 268 Å². The number of alkyl carbamates (subject to hydrolysis) is 1.